The summed E-state index contributed by atoms with van der Waals surface area (Å²) in [7, 11) is 1.59. The molecule has 3 aromatic rings. The quantitative estimate of drug-likeness (QED) is 0.350. The molecule has 0 bridgehead atoms. The van der Waals surface area contributed by atoms with Gasteiger partial charge in [-0.05, 0) is 60.2 Å². The highest BCUT2D eigenvalue weighted by Crippen LogP contribution is 2.42. The number of methoxy groups -OCH3 is 1. The maximum atomic E-state index is 13.1. The number of nitrogens with zero attached hydrogens (tertiary/aromatic N) is 1. The SMILES string of the molecule is COc1ccc(CN2C(=O)C(=O)/C(=C(\O)c3ccc(C)c(C)c3)C2c2cccs2)cc1. The van der Waals surface area contributed by atoms with Crippen molar-refractivity contribution in [2.24, 2.45) is 0 Å². The van der Waals surface area contributed by atoms with Crippen molar-refractivity contribution < 1.29 is 19.4 Å². The third kappa shape index (κ3) is 3.86. The maximum Gasteiger partial charge on any atom is 0.295 e. The molecule has 1 saturated heterocycles. The summed E-state index contributed by atoms with van der Waals surface area (Å²) >= 11 is 1.46. The minimum atomic E-state index is -0.664. The zero-order valence-corrected chi connectivity index (χ0v) is 18.4. The first-order chi connectivity index (χ1) is 14.9. The number of amides is 1. The van der Waals surface area contributed by atoms with Crippen LogP contribution in [0.1, 0.15) is 33.2 Å². The maximum absolute atomic E-state index is 13.1. The molecule has 31 heavy (non-hydrogen) atoms. The van der Waals surface area contributed by atoms with Crippen LogP contribution in [0.25, 0.3) is 5.76 Å². The number of rotatable bonds is 5. The van der Waals surface area contributed by atoms with Crippen LogP contribution in [0.15, 0.2) is 65.6 Å². The summed E-state index contributed by atoms with van der Waals surface area (Å²) in [4.78, 5) is 28.4. The van der Waals surface area contributed by atoms with E-state index in [2.05, 4.69) is 0 Å². The van der Waals surface area contributed by atoms with Crippen LogP contribution in [-0.4, -0.2) is 28.8 Å². The standard InChI is InChI=1S/C25H23NO4S/c1-15-6-9-18(13-16(15)2)23(27)21-22(20-5-4-12-31-20)26(25(29)24(21)28)14-17-7-10-19(30-3)11-8-17/h4-13,22,27H,14H2,1-3H3/b23-21-. The summed E-state index contributed by atoms with van der Waals surface area (Å²) in [5.41, 5.74) is 3.63. The van der Waals surface area contributed by atoms with Gasteiger partial charge in [0, 0.05) is 17.0 Å². The summed E-state index contributed by atoms with van der Waals surface area (Å²) in [6.07, 6.45) is 0. The van der Waals surface area contributed by atoms with Crippen molar-refractivity contribution in [3.8, 4) is 5.75 Å². The molecule has 1 aliphatic rings. The molecule has 1 aliphatic heterocycles. The Kier molecular flexibility index (Phi) is 5.65. The van der Waals surface area contributed by atoms with Gasteiger partial charge in [0.2, 0.25) is 0 Å². The van der Waals surface area contributed by atoms with E-state index < -0.39 is 17.7 Å². The van der Waals surface area contributed by atoms with E-state index in [9.17, 15) is 14.7 Å². The predicted octanol–water partition coefficient (Wildman–Crippen LogP) is 5.00. The van der Waals surface area contributed by atoms with E-state index >= 15 is 0 Å². The lowest BCUT2D eigenvalue weighted by Crippen LogP contribution is -2.28. The van der Waals surface area contributed by atoms with Crippen LogP contribution in [0.4, 0.5) is 0 Å². The normalized spacial score (nSPS) is 17.9. The number of hydrogen-bond acceptors (Lipinski definition) is 5. The van der Waals surface area contributed by atoms with Gasteiger partial charge in [-0.1, -0.05) is 30.3 Å². The van der Waals surface area contributed by atoms with Crippen LogP contribution in [-0.2, 0) is 16.1 Å². The Morgan fingerprint density at radius 2 is 1.81 bits per heavy atom. The molecule has 1 amide bonds. The second kappa shape index (κ2) is 8.40. The first kappa shape index (κ1) is 20.9. The summed E-state index contributed by atoms with van der Waals surface area (Å²) in [5.74, 6) is -0.699. The molecule has 1 aromatic heterocycles. The van der Waals surface area contributed by atoms with Gasteiger partial charge in [0.1, 0.15) is 11.5 Å². The summed E-state index contributed by atoms with van der Waals surface area (Å²) in [5, 5.41) is 13.0. The van der Waals surface area contributed by atoms with Crippen LogP contribution < -0.4 is 4.74 Å². The molecule has 158 valence electrons. The van der Waals surface area contributed by atoms with Crippen molar-refractivity contribution in [2.45, 2.75) is 26.4 Å². The van der Waals surface area contributed by atoms with Crippen molar-refractivity contribution in [3.63, 3.8) is 0 Å². The van der Waals surface area contributed by atoms with Gasteiger partial charge in [0.25, 0.3) is 11.7 Å². The highest BCUT2D eigenvalue weighted by molar-refractivity contribution is 7.10. The molecule has 0 aliphatic carbocycles. The number of ketones is 1. The molecule has 1 unspecified atom stereocenters. The molecule has 5 nitrogen and oxygen atoms in total. The average molecular weight is 434 g/mol. The van der Waals surface area contributed by atoms with E-state index in [4.69, 9.17) is 4.74 Å². The van der Waals surface area contributed by atoms with Crippen molar-refractivity contribution in [1.82, 2.24) is 4.90 Å². The summed E-state index contributed by atoms with van der Waals surface area (Å²) in [6.45, 7) is 4.19. The number of hydrogen-bond donors (Lipinski definition) is 1. The number of thiophene rings is 1. The molecule has 1 fully saturated rings. The van der Waals surface area contributed by atoms with E-state index in [1.165, 1.54) is 16.2 Å². The van der Waals surface area contributed by atoms with Gasteiger partial charge in [-0.25, -0.2) is 0 Å². The zero-order valence-electron chi connectivity index (χ0n) is 17.6. The lowest BCUT2D eigenvalue weighted by atomic mass is 9.97. The number of aryl methyl sites for hydroxylation is 2. The molecular formula is C25H23NO4S. The van der Waals surface area contributed by atoms with Crippen LogP contribution in [0.3, 0.4) is 0 Å². The molecule has 6 heteroatoms. The molecule has 2 aromatic carbocycles. The lowest BCUT2D eigenvalue weighted by molar-refractivity contribution is -0.140. The number of aliphatic hydroxyl groups is 1. The minimum absolute atomic E-state index is 0.129. The topological polar surface area (TPSA) is 66.8 Å². The smallest absolute Gasteiger partial charge is 0.295 e. The van der Waals surface area contributed by atoms with Crippen LogP contribution in [0.2, 0.25) is 0 Å². The largest absolute Gasteiger partial charge is 0.507 e. The molecule has 1 atom stereocenters. The Morgan fingerprint density at radius 1 is 1.06 bits per heavy atom. The van der Waals surface area contributed by atoms with Crippen molar-refractivity contribution >= 4 is 28.8 Å². The summed E-state index contributed by atoms with van der Waals surface area (Å²) < 4.78 is 5.20. The number of aliphatic hydroxyl groups excluding tert-OH is 1. The molecule has 4 rings (SSSR count). The first-order valence-electron chi connectivity index (χ1n) is 9.93. The van der Waals surface area contributed by atoms with Gasteiger partial charge in [0.05, 0.1) is 18.7 Å². The van der Waals surface area contributed by atoms with Gasteiger partial charge in [-0.3, -0.25) is 9.59 Å². The highest BCUT2D eigenvalue weighted by Gasteiger charge is 2.46. The van der Waals surface area contributed by atoms with Gasteiger partial charge < -0.3 is 14.7 Å². The Hall–Kier alpha value is -3.38. The minimum Gasteiger partial charge on any atom is -0.507 e. The number of Topliss-reactive ketones (excluding diaryl/α,β-unsaturated/α-hetero) is 1. The zero-order chi connectivity index (χ0) is 22.1. The number of carbonyl (C=O) groups excluding carboxylic acids is 2. The van der Waals surface area contributed by atoms with Crippen LogP contribution in [0, 0.1) is 13.8 Å². The highest BCUT2D eigenvalue weighted by atomic mass is 32.1. The van der Waals surface area contributed by atoms with E-state index in [0.29, 0.717) is 5.56 Å². The van der Waals surface area contributed by atoms with Crippen molar-refractivity contribution in [3.05, 3.63) is 92.7 Å². The number of ether oxygens (including phenoxy) is 1. The van der Waals surface area contributed by atoms with Gasteiger partial charge in [0.15, 0.2) is 0 Å². The van der Waals surface area contributed by atoms with E-state index in [1.807, 2.05) is 67.8 Å². The Balaban J connectivity index is 1.80. The molecule has 0 radical (unpaired) electrons. The lowest BCUT2D eigenvalue weighted by Gasteiger charge is -2.24. The molecular weight excluding hydrogens is 410 g/mol. The third-order valence-corrected chi connectivity index (χ3v) is 6.57. The average Bonchev–Trinajstić information content (AvgIpc) is 3.38. The van der Waals surface area contributed by atoms with Crippen LogP contribution >= 0.6 is 11.3 Å². The molecule has 1 N–H and O–H groups in total. The van der Waals surface area contributed by atoms with E-state index in [-0.39, 0.29) is 17.9 Å². The van der Waals surface area contributed by atoms with Crippen molar-refractivity contribution in [2.75, 3.05) is 7.11 Å². The van der Waals surface area contributed by atoms with Gasteiger partial charge in [-0.2, -0.15) is 0 Å². The third-order valence-electron chi connectivity index (χ3n) is 5.64. The summed E-state index contributed by atoms with van der Waals surface area (Å²) in [6, 6.07) is 16.0. The molecule has 2 heterocycles. The Labute approximate surface area is 185 Å². The van der Waals surface area contributed by atoms with Gasteiger partial charge >= 0.3 is 0 Å². The Bertz CT molecular complexity index is 1160. The van der Waals surface area contributed by atoms with Crippen LogP contribution in [0.5, 0.6) is 5.75 Å². The monoisotopic (exact) mass is 433 g/mol. The first-order valence-corrected chi connectivity index (χ1v) is 10.8. The second-order valence-electron chi connectivity index (χ2n) is 7.59. The number of likely N-dealkylation sites (tertiary alicyclic amines) is 1. The van der Waals surface area contributed by atoms with E-state index in [1.54, 1.807) is 13.2 Å². The fraction of sp³-hybridized carbons (Fsp3) is 0.200. The number of carbonyl (C=O) groups is 2. The second-order valence-corrected chi connectivity index (χ2v) is 8.57. The van der Waals surface area contributed by atoms with Crippen molar-refractivity contribution in [1.29, 1.82) is 0 Å². The van der Waals surface area contributed by atoms with E-state index in [0.717, 1.165) is 27.3 Å². The molecule has 0 spiro atoms. The fourth-order valence-electron chi connectivity index (χ4n) is 3.76. The van der Waals surface area contributed by atoms with Gasteiger partial charge in [-0.15, -0.1) is 11.3 Å². The fourth-order valence-corrected chi connectivity index (χ4v) is 4.60. The number of benzene rings is 2. The predicted molar refractivity (Wildman–Crippen MR) is 121 cm³/mol. The molecule has 0 saturated carbocycles. The Morgan fingerprint density at radius 3 is 2.42 bits per heavy atom.